The van der Waals surface area contributed by atoms with Crippen LogP contribution in [0.4, 0.5) is 17.1 Å². The van der Waals surface area contributed by atoms with E-state index in [0.717, 1.165) is 32.1 Å². The summed E-state index contributed by atoms with van der Waals surface area (Å²) < 4.78 is 0. The first-order chi connectivity index (χ1) is 18.8. The third-order valence-corrected chi connectivity index (χ3v) is 7.99. The summed E-state index contributed by atoms with van der Waals surface area (Å²) >= 11 is 2.94. The summed E-state index contributed by atoms with van der Waals surface area (Å²) in [7, 11) is 0. The number of fused-ring (bicyclic) bond motifs is 2. The summed E-state index contributed by atoms with van der Waals surface area (Å²) in [5.74, 6) is -3.35. The Morgan fingerprint density at radius 2 is 1.41 bits per heavy atom. The van der Waals surface area contributed by atoms with Crippen LogP contribution in [0.2, 0.25) is 0 Å². The number of carboxylic acids is 2. The number of carbonyl (C=O) groups excluding carboxylic acids is 2. The maximum Gasteiger partial charge on any atom is 0.336 e. The fourth-order valence-corrected chi connectivity index (χ4v) is 5.96. The molecule has 4 aromatic rings. The van der Waals surface area contributed by atoms with Crippen molar-refractivity contribution in [3.8, 4) is 0 Å². The molecule has 194 valence electrons. The zero-order valence-electron chi connectivity index (χ0n) is 20.2. The van der Waals surface area contributed by atoms with Gasteiger partial charge in [-0.3, -0.25) is 14.5 Å². The molecule has 0 spiro atoms. The molecule has 8 nitrogen and oxygen atoms in total. The van der Waals surface area contributed by atoms with Gasteiger partial charge in [0.2, 0.25) is 5.91 Å². The average Bonchev–Trinajstić information content (AvgIpc) is 2.94. The van der Waals surface area contributed by atoms with E-state index in [1.54, 1.807) is 34.9 Å². The highest BCUT2D eigenvalue weighted by molar-refractivity contribution is 8.00. The summed E-state index contributed by atoms with van der Waals surface area (Å²) in [5, 5.41) is 21.3. The van der Waals surface area contributed by atoms with Crippen LogP contribution in [0.15, 0.2) is 106 Å². The third kappa shape index (κ3) is 5.52. The number of carboxylic acid groups (broad SMARTS) is 2. The standard InChI is InChI=1S/C29H20N2O6S2/c32-26(31-22-8-1-3-10-24(22)39-25-11-4-2-9-23(25)31)16-38-19-7-5-6-18(15-19)30-27(33)20-13-12-17(28(34)35)14-21(20)29(36)37/h1-15H,16H2,(H,30,33)(H,34,35)(H,36,37). The zero-order chi connectivity index (χ0) is 27.5. The maximum absolute atomic E-state index is 13.5. The molecule has 0 saturated carbocycles. The van der Waals surface area contributed by atoms with Gasteiger partial charge in [-0.2, -0.15) is 0 Å². The van der Waals surface area contributed by atoms with Gasteiger partial charge in [-0.05, 0) is 60.7 Å². The maximum atomic E-state index is 13.5. The smallest absolute Gasteiger partial charge is 0.336 e. The lowest BCUT2D eigenvalue weighted by Gasteiger charge is -2.31. The first-order valence-electron chi connectivity index (χ1n) is 11.7. The number of para-hydroxylation sites is 2. The first kappa shape index (κ1) is 26.1. The molecule has 2 amide bonds. The van der Waals surface area contributed by atoms with Crippen molar-refractivity contribution in [3.63, 3.8) is 0 Å². The highest BCUT2D eigenvalue weighted by atomic mass is 32.2. The molecular formula is C29H20N2O6S2. The molecule has 0 aliphatic carbocycles. The van der Waals surface area contributed by atoms with Gasteiger partial charge in [0.25, 0.3) is 5.91 Å². The highest BCUT2D eigenvalue weighted by Gasteiger charge is 2.27. The number of thioether (sulfide) groups is 1. The summed E-state index contributed by atoms with van der Waals surface area (Å²) in [6.07, 6.45) is 0. The summed E-state index contributed by atoms with van der Waals surface area (Å²) in [6.45, 7) is 0. The molecule has 1 aliphatic heterocycles. The second-order valence-electron chi connectivity index (χ2n) is 8.41. The zero-order valence-corrected chi connectivity index (χ0v) is 21.8. The van der Waals surface area contributed by atoms with Crippen molar-refractivity contribution in [1.29, 1.82) is 0 Å². The number of anilines is 3. The minimum atomic E-state index is -1.41. The molecule has 4 aromatic carbocycles. The van der Waals surface area contributed by atoms with Crippen LogP contribution < -0.4 is 10.2 Å². The van der Waals surface area contributed by atoms with Crippen molar-refractivity contribution in [3.05, 3.63) is 108 Å². The lowest BCUT2D eigenvalue weighted by molar-refractivity contribution is -0.115. The van der Waals surface area contributed by atoms with Crippen LogP contribution in [-0.4, -0.2) is 39.7 Å². The predicted octanol–water partition coefficient (Wildman–Crippen LogP) is 6.26. The van der Waals surface area contributed by atoms with E-state index in [-0.39, 0.29) is 22.8 Å². The number of benzene rings is 4. The second-order valence-corrected chi connectivity index (χ2v) is 10.5. The van der Waals surface area contributed by atoms with Crippen molar-refractivity contribution < 1.29 is 29.4 Å². The molecule has 3 N–H and O–H groups in total. The molecule has 0 atom stereocenters. The fourth-order valence-electron chi connectivity index (χ4n) is 4.10. The first-order valence-corrected chi connectivity index (χ1v) is 13.5. The van der Waals surface area contributed by atoms with E-state index in [2.05, 4.69) is 5.32 Å². The quantitative estimate of drug-likeness (QED) is 0.228. The van der Waals surface area contributed by atoms with Crippen LogP contribution in [0.1, 0.15) is 31.1 Å². The van der Waals surface area contributed by atoms with Gasteiger partial charge in [-0.25, -0.2) is 9.59 Å². The molecule has 1 heterocycles. The van der Waals surface area contributed by atoms with Gasteiger partial charge in [0.15, 0.2) is 0 Å². The van der Waals surface area contributed by atoms with Crippen molar-refractivity contribution in [2.24, 2.45) is 0 Å². The number of carbonyl (C=O) groups is 4. The Morgan fingerprint density at radius 1 is 0.744 bits per heavy atom. The van der Waals surface area contributed by atoms with Gasteiger partial charge < -0.3 is 15.5 Å². The van der Waals surface area contributed by atoms with E-state index in [4.69, 9.17) is 5.11 Å². The lowest BCUT2D eigenvalue weighted by atomic mass is 10.0. The van der Waals surface area contributed by atoms with Crippen LogP contribution in [0.3, 0.4) is 0 Å². The topological polar surface area (TPSA) is 124 Å². The van der Waals surface area contributed by atoms with E-state index in [0.29, 0.717) is 5.69 Å². The number of amides is 2. The molecule has 0 saturated heterocycles. The van der Waals surface area contributed by atoms with E-state index in [1.165, 1.54) is 23.9 Å². The van der Waals surface area contributed by atoms with E-state index in [9.17, 15) is 24.3 Å². The van der Waals surface area contributed by atoms with E-state index < -0.39 is 23.4 Å². The second kappa shape index (κ2) is 11.1. The normalized spacial score (nSPS) is 11.7. The molecule has 0 unspecified atom stereocenters. The van der Waals surface area contributed by atoms with Crippen molar-refractivity contribution in [2.45, 2.75) is 14.7 Å². The highest BCUT2D eigenvalue weighted by Crippen LogP contribution is 2.48. The predicted molar refractivity (Wildman–Crippen MR) is 150 cm³/mol. The number of hydrogen-bond acceptors (Lipinski definition) is 6. The Morgan fingerprint density at radius 3 is 2.05 bits per heavy atom. The Hall–Kier alpha value is -4.54. The summed E-state index contributed by atoms with van der Waals surface area (Å²) in [5.41, 5.74) is 1.25. The molecule has 10 heteroatoms. The Balaban J connectivity index is 1.32. The molecule has 0 fully saturated rings. The molecule has 0 radical (unpaired) electrons. The van der Waals surface area contributed by atoms with E-state index >= 15 is 0 Å². The molecule has 1 aliphatic rings. The summed E-state index contributed by atoms with van der Waals surface area (Å²) in [4.78, 5) is 53.6. The van der Waals surface area contributed by atoms with Crippen LogP contribution in [-0.2, 0) is 4.79 Å². The Bertz CT molecular complexity index is 1590. The van der Waals surface area contributed by atoms with Gasteiger partial charge >= 0.3 is 11.9 Å². The average molecular weight is 557 g/mol. The van der Waals surface area contributed by atoms with Crippen molar-refractivity contribution in [1.82, 2.24) is 0 Å². The van der Waals surface area contributed by atoms with Crippen LogP contribution in [0, 0.1) is 0 Å². The molecule has 39 heavy (non-hydrogen) atoms. The lowest BCUT2D eigenvalue weighted by Crippen LogP contribution is -2.29. The molecule has 5 rings (SSSR count). The van der Waals surface area contributed by atoms with Gasteiger partial charge in [0.05, 0.1) is 33.8 Å². The van der Waals surface area contributed by atoms with Crippen LogP contribution in [0.5, 0.6) is 0 Å². The third-order valence-electron chi connectivity index (χ3n) is 5.88. The number of rotatable bonds is 7. The SMILES string of the molecule is O=C(O)c1ccc(C(=O)Nc2cccc(SCC(=O)N3c4ccccc4Sc4ccccc43)c2)c(C(=O)O)c1. The fraction of sp³-hybridized carbons (Fsp3) is 0.0345. The van der Waals surface area contributed by atoms with Crippen molar-refractivity contribution >= 4 is 64.3 Å². The number of aromatic carboxylic acids is 2. The number of nitrogens with zero attached hydrogens (tertiary/aromatic N) is 1. The van der Waals surface area contributed by atoms with Gasteiger partial charge in [-0.1, -0.05) is 42.1 Å². The molecule has 0 aromatic heterocycles. The van der Waals surface area contributed by atoms with Crippen molar-refractivity contribution in [2.75, 3.05) is 16.0 Å². The molecule has 0 bridgehead atoms. The van der Waals surface area contributed by atoms with E-state index in [1.807, 2.05) is 54.6 Å². The Kier molecular flexibility index (Phi) is 7.40. The van der Waals surface area contributed by atoms with Gasteiger partial charge in [0.1, 0.15) is 0 Å². The Labute approximate surface area is 231 Å². The van der Waals surface area contributed by atoms with Gasteiger partial charge in [-0.15, -0.1) is 11.8 Å². The van der Waals surface area contributed by atoms with Crippen LogP contribution in [0.25, 0.3) is 0 Å². The summed E-state index contributed by atoms with van der Waals surface area (Å²) in [6, 6.07) is 25.7. The van der Waals surface area contributed by atoms with Gasteiger partial charge in [0, 0.05) is 20.4 Å². The largest absolute Gasteiger partial charge is 0.478 e. The minimum absolute atomic E-state index is 0.0979. The number of hydrogen-bond donors (Lipinski definition) is 3. The monoisotopic (exact) mass is 556 g/mol. The number of nitrogens with one attached hydrogen (secondary N) is 1. The minimum Gasteiger partial charge on any atom is -0.478 e. The van der Waals surface area contributed by atoms with Crippen LogP contribution >= 0.6 is 23.5 Å². The molecular weight excluding hydrogens is 536 g/mol.